The summed E-state index contributed by atoms with van der Waals surface area (Å²) >= 11 is 0. The number of hydrogen-bond acceptors (Lipinski definition) is 7. The highest BCUT2D eigenvalue weighted by molar-refractivity contribution is 7.57. The minimum atomic E-state index is -4.65. The number of benzene rings is 4. The van der Waals surface area contributed by atoms with Crippen molar-refractivity contribution in [1.29, 1.82) is 0 Å². The first-order chi connectivity index (χ1) is 24.3. The number of esters is 1. The molecule has 4 unspecified atom stereocenters. The molecule has 0 aliphatic heterocycles. The van der Waals surface area contributed by atoms with Gasteiger partial charge in [-0.05, 0) is 81.1 Å². The molecule has 4 aromatic carbocycles. The molecule has 0 heterocycles. The van der Waals surface area contributed by atoms with Crippen LogP contribution in [-0.4, -0.2) is 48.2 Å². The molecule has 51 heavy (non-hydrogen) atoms. The molecule has 0 aromatic heterocycles. The van der Waals surface area contributed by atoms with E-state index in [1.165, 1.54) is 26.0 Å². The van der Waals surface area contributed by atoms with Crippen LogP contribution in [0.25, 0.3) is 11.1 Å². The maximum Gasteiger partial charge on any atom is 0.408 e. The van der Waals surface area contributed by atoms with Crippen LogP contribution < -0.4 is 20.2 Å². The predicted octanol–water partition coefficient (Wildman–Crippen LogP) is 8.12. The quantitative estimate of drug-likeness (QED) is 0.0882. The van der Waals surface area contributed by atoms with Crippen LogP contribution in [0.15, 0.2) is 103 Å². The number of alkyl halides is 1. The van der Waals surface area contributed by atoms with Gasteiger partial charge in [0, 0.05) is 18.0 Å². The molecule has 4 atom stereocenters. The summed E-state index contributed by atoms with van der Waals surface area (Å²) in [6, 6.07) is 29.2. The lowest BCUT2D eigenvalue weighted by Crippen LogP contribution is -2.56. The lowest BCUT2D eigenvalue weighted by atomic mass is 9.97. The number of ether oxygens (including phenoxy) is 2. The van der Waals surface area contributed by atoms with Gasteiger partial charge in [0.05, 0.1) is 6.10 Å². The summed E-state index contributed by atoms with van der Waals surface area (Å²) in [5, 5.41) is 7.79. The van der Waals surface area contributed by atoms with Crippen molar-refractivity contribution >= 4 is 31.2 Å². The third-order valence-corrected chi connectivity index (χ3v) is 10.7. The lowest BCUT2D eigenvalue weighted by molar-refractivity contribution is -0.149. The number of nitrogens with one attached hydrogen (secondary N) is 3. The Morgan fingerprint density at radius 1 is 0.843 bits per heavy atom. The molecule has 0 spiro atoms. The minimum absolute atomic E-state index is 0.0543. The third kappa shape index (κ3) is 9.03. The number of aryl methyl sites for hydroxylation is 1. The number of anilines is 1. The Labute approximate surface area is 297 Å². The molecule has 2 amide bonds. The van der Waals surface area contributed by atoms with E-state index in [1.807, 2.05) is 55.5 Å². The number of carbonyl (C=O) groups is 3. The van der Waals surface area contributed by atoms with Gasteiger partial charge >= 0.3 is 19.6 Å². The summed E-state index contributed by atoms with van der Waals surface area (Å²) in [7, 11) is -4.65. The monoisotopic (exact) mass is 715 g/mol. The Morgan fingerprint density at radius 2 is 1.41 bits per heavy atom. The second kappa shape index (κ2) is 15.9. The Hall–Kier alpha value is -4.99. The van der Waals surface area contributed by atoms with Gasteiger partial charge in [0.25, 0.3) is 0 Å². The van der Waals surface area contributed by atoms with E-state index < -0.39 is 55.5 Å². The third-order valence-electron chi connectivity index (χ3n) is 8.54. The van der Waals surface area contributed by atoms with E-state index in [4.69, 9.17) is 14.0 Å². The average molecular weight is 716 g/mol. The molecule has 1 aliphatic carbocycles. The van der Waals surface area contributed by atoms with Crippen molar-refractivity contribution in [3.8, 4) is 16.9 Å². The van der Waals surface area contributed by atoms with E-state index in [-0.39, 0.29) is 18.3 Å². The fourth-order valence-corrected chi connectivity index (χ4v) is 7.90. The number of para-hydroxylation sites is 1. The largest absolute Gasteiger partial charge is 0.462 e. The number of alkyl carbamates (subject to hydrolysis) is 1. The van der Waals surface area contributed by atoms with Gasteiger partial charge in [-0.3, -0.25) is 14.2 Å². The first kappa shape index (κ1) is 37.3. The summed E-state index contributed by atoms with van der Waals surface area (Å²) in [5.41, 5.74) is 3.39. The van der Waals surface area contributed by atoms with Crippen molar-refractivity contribution in [3.05, 3.63) is 120 Å². The smallest absolute Gasteiger partial charge is 0.408 e. The molecule has 1 aliphatic rings. The van der Waals surface area contributed by atoms with Crippen LogP contribution in [0, 0.1) is 6.92 Å². The molecule has 0 saturated carbocycles. The number of halogens is 1. The summed E-state index contributed by atoms with van der Waals surface area (Å²) in [6.07, 6.45) is -2.28. The molecule has 3 N–H and O–H groups in total. The van der Waals surface area contributed by atoms with Crippen molar-refractivity contribution in [3.63, 3.8) is 0 Å². The van der Waals surface area contributed by atoms with Crippen molar-refractivity contribution in [2.45, 2.75) is 70.6 Å². The molecule has 0 saturated heterocycles. The molecular weight excluding hydrogens is 672 g/mol. The maximum atomic E-state index is 16.7. The molecule has 268 valence electrons. The second-order valence-electron chi connectivity index (χ2n) is 13.1. The lowest BCUT2D eigenvalue weighted by Gasteiger charge is -2.33. The summed E-state index contributed by atoms with van der Waals surface area (Å²) in [5.74, 6) is -4.17. The Morgan fingerprint density at radius 3 is 2.00 bits per heavy atom. The van der Waals surface area contributed by atoms with Gasteiger partial charge in [0.2, 0.25) is 11.8 Å². The molecule has 0 radical (unpaired) electrons. The second-order valence-corrected chi connectivity index (χ2v) is 15.3. The van der Waals surface area contributed by atoms with E-state index >= 15 is 4.39 Å². The highest BCUT2D eigenvalue weighted by Gasteiger charge is 2.47. The maximum absolute atomic E-state index is 16.7. The SMILES string of the molecule is Cc1ccc(NC(=O)C(C)(CC(F)P(=O)(NC(C)C(=O)OC(C)C)Oc2ccccc2)NC(=O)OCC2c3ccccc3-c3ccccc32)cc1. The van der Waals surface area contributed by atoms with Crippen molar-refractivity contribution < 1.29 is 37.3 Å². The van der Waals surface area contributed by atoms with Crippen LogP contribution >= 0.6 is 7.52 Å². The van der Waals surface area contributed by atoms with E-state index in [0.29, 0.717) is 5.69 Å². The average Bonchev–Trinajstić information content (AvgIpc) is 3.41. The van der Waals surface area contributed by atoms with E-state index in [9.17, 15) is 18.9 Å². The van der Waals surface area contributed by atoms with Crippen molar-refractivity contribution in [2.24, 2.45) is 0 Å². The molecular formula is C39H43FN3O7P. The normalized spacial score (nSPS) is 15.7. The standard InChI is InChI=1S/C39H43FN3O7P/c1-25(2)49-36(44)27(4)43-51(47,50-29-13-7-6-8-14-29)35(40)23-39(5,37(45)41-28-21-19-26(3)20-22-28)42-38(46)48-24-34-32-17-11-9-15-30(32)31-16-10-12-18-33(31)34/h6-22,25,27,34-35H,23-24H2,1-5H3,(H,41,45)(H,42,46)(H,43,47). The molecule has 5 rings (SSSR count). The van der Waals surface area contributed by atoms with Gasteiger partial charge in [-0.25, -0.2) is 14.3 Å². The fraction of sp³-hybridized carbons (Fsp3) is 0.308. The Kier molecular flexibility index (Phi) is 11.6. The van der Waals surface area contributed by atoms with Gasteiger partial charge in [-0.1, -0.05) is 84.4 Å². The van der Waals surface area contributed by atoms with Gasteiger partial charge < -0.3 is 24.6 Å². The Bertz CT molecular complexity index is 1860. The fourth-order valence-electron chi connectivity index (χ4n) is 5.88. The summed E-state index contributed by atoms with van der Waals surface area (Å²) < 4.78 is 47.8. The van der Waals surface area contributed by atoms with Crippen LogP contribution in [-0.2, 0) is 23.6 Å². The summed E-state index contributed by atoms with van der Waals surface area (Å²) in [6.45, 7) is 7.81. The number of rotatable bonds is 14. The van der Waals surface area contributed by atoms with Crippen LogP contribution in [0.2, 0.25) is 0 Å². The molecule has 4 aromatic rings. The van der Waals surface area contributed by atoms with E-state index in [0.717, 1.165) is 27.8 Å². The zero-order valence-electron chi connectivity index (χ0n) is 29.2. The molecule has 12 heteroatoms. The molecule has 0 fully saturated rings. The van der Waals surface area contributed by atoms with Crippen molar-refractivity contribution in [1.82, 2.24) is 10.4 Å². The van der Waals surface area contributed by atoms with Gasteiger partial charge in [-0.2, -0.15) is 0 Å². The van der Waals surface area contributed by atoms with Crippen molar-refractivity contribution in [2.75, 3.05) is 11.9 Å². The minimum Gasteiger partial charge on any atom is -0.462 e. The number of fused-ring (bicyclic) bond motifs is 3. The summed E-state index contributed by atoms with van der Waals surface area (Å²) in [4.78, 5) is 40.1. The molecule has 0 bridgehead atoms. The molecule has 10 nitrogen and oxygen atoms in total. The zero-order chi connectivity index (χ0) is 36.8. The van der Waals surface area contributed by atoms with Crippen LogP contribution in [0.4, 0.5) is 14.9 Å². The van der Waals surface area contributed by atoms with E-state index in [2.05, 4.69) is 15.7 Å². The number of amides is 2. The topological polar surface area (TPSA) is 132 Å². The number of carbonyl (C=O) groups excluding carboxylic acids is 3. The van der Waals surface area contributed by atoms with E-state index in [1.54, 1.807) is 56.3 Å². The van der Waals surface area contributed by atoms with Crippen LogP contribution in [0.5, 0.6) is 5.75 Å². The first-order valence-corrected chi connectivity index (χ1v) is 18.5. The van der Waals surface area contributed by atoms with Crippen LogP contribution in [0.1, 0.15) is 56.7 Å². The first-order valence-electron chi connectivity index (χ1n) is 16.8. The predicted molar refractivity (Wildman–Crippen MR) is 194 cm³/mol. The highest BCUT2D eigenvalue weighted by atomic mass is 31.2. The highest BCUT2D eigenvalue weighted by Crippen LogP contribution is 2.52. The van der Waals surface area contributed by atoms with Gasteiger partial charge in [-0.15, -0.1) is 0 Å². The van der Waals surface area contributed by atoms with Gasteiger partial charge in [0.1, 0.15) is 23.9 Å². The zero-order valence-corrected chi connectivity index (χ0v) is 30.1. The Balaban J connectivity index is 1.40. The van der Waals surface area contributed by atoms with Crippen LogP contribution in [0.3, 0.4) is 0 Å². The van der Waals surface area contributed by atoms with Gasteiger partial charge in [0.15, 0.2) is 0 Å². The number of hydrogen-bond donors (Lipinski definition) is 3.